The Balaban J connectivity index is 0. The van der Waals surface area contributed by atoms with Crippen LogP contribution >= 0.6 is 0 Å². The first-order chi connectivity index (χ1) is 11.6. The van der Waals surface area contributed by atoms with Gasteiger partial charge in [-0.1, -0.05) is 108 Å². The maximum absolute atomic E-state index is 10.7. The Kier molecular flexibility index (Phi) is 23.7. The molecule has 0 rings (SSSR count). The van der Waals surface area contributed by atoms with Gasteiger partial charge in [-0.15, -0.1) is 0 Å². The molecule has 0 bridgehead atoms. The Morgan fingerprint density at radius 1 is 0.640 bits per heavy atom. The maximum atomic E-state index is 10.7. The van der Waals surface area contributed by atoms with E-state index in [1.54, 1.807) is 0 Å². The summed E-state index contributed by atoms with van der Waals surface area (Å²) in [7, 11) is -4.18. The Morgan fingerprint density at radius 3 is 1.28 bits per heavy atom. The average molecular weight is 391 g/mol. The summed E-state index contributed by atoms with van der Waals surface area (Å²) >= 11 is 0. The molecule has 0 spiro atoms. The van der Waals surface area contributed by atoms with Gasteiger partial charge in [-0.2, -0.15) is 8.42 Å². The summed E-state index contributed by atoms with van der Waals surface area (Å²) in [6, 6.07) is 0. The van der Waals surface area contributed by atoms with Crippen molar-refractivity contribution >= 4 is 40.0 Å². The third-order valence-electron chi connectivity index (χ3n) is 4.32. The molecule has 0 heterocycles. The van der Waals surface area contributed by atoms with Crippen LogP contribution in [0, 0.1) is 0 Å². The van der Waals surface area contributed by atoms with Crippen molar-refractivity contribution in [2.45, 2.75) is 110 Å². The van der Waals surface area contributed by atoms with Crippen molar-refractivity contribution in [2.75, 3.05) is 6.61 Å². The van der Waals surface area contributed by atoms with Gasteiger partial charge in [-0.25, -0.2) is 9.44 Å². The molecule has 148 valence electrons. The molecule has 1 N–H and O–H groups in total. The minimum atomic E-state index is -4.18. The normalized spacial score (nSPS) is 11.4. The zero-order valence-electron chi connectivity index (χ0n) is 15.5. The van der Waals surface area contributed by atoms with Gasteiger partial charge in [0.1, 0.15) is 0 Å². The van der Waals surface area contributed by atoms with Crippen molar-refractivity contribution < 1.29 is 22.2 Å². The van der Waals surface area contributed by atoms with E-state index in [2.05, 4.69) is 15.4 Å². The molecule has 0 unspecified atom stereocenters. The number of hydrogen-bond acceptors (Lipinski definition) is 5. The van der Waals surface area contributed by atoms with E-state index in [0.717, 1.165) is 12.8 Å². The molecule has 0 radical (unpaired) electrons. The molecule has 0 aromatic carbocycles. The van der Waals surface area contributed by atoms with E-state index in [1.807, 2.05) is 0 Å². The van der Waals surface area contributed by atoms with Crippen molar-refractivity contribution in [1.82, 2.24) is 0 Å². The minimum absolute atomic E-state index is 0. The third kappa shape index (κ3) is 22.8. The molecule has 0 aromatic heterocycles. The van der Waals surface area contributed by atoms with Crippen LogP contribution in [-0.4, -0.2) is 49.8 Å². The number of unbranched alkanes of at least 4 members (excludes halogenated alkanes) is 15. The molecule has 0 saturated carbocycles. The average Bonchev–Trinajstić information content (AvgIpc) is 2.57. The predicted molar refractivity (Wildman–Crippen MR) is 105 cm³/mol. The van der Waals surface area contributed by atoms with E-state index in [9.17, 15) is 8.42 Å². The Bertz CT molecular complexity index is 349. The van der Waals surface area contributed by atoms with Crippen LogP contribution in [0.25, 0.3) is 0 Å². The summed E-state index contributed by atoms with van der Waals surface area (Å²) in [6.45, 7) is 2.33. The summed E-state index contributed by atoms with van der Waals surface area (Å²) in [4.78, 5) is 0. The predicted octanol–water partition coefficient (Wildman–Crippen LogP) is 5.35. The van der Waals surface area contributed by atoms with Crippen LogP contribution in [0.1, 0.15) is 110 Å². The zero-order valence-corrected chi connectivity index (χ0v) is 16.3. The van der Waals surface area contributed by atoms with Gasteiger partial charge in [-0.05, 0) is 6.42 Å². The van der Waals surface area contributed by atoms with Gasteiger partial charge >= 0.3 is 40.0 Å². The molecule has 0 aliphatic carbocycles. The molecule has 0 aromatic rings. The molecular weight excluding hydrogens is 351 g/mol. The monoisotopic (exact) mass is 390 g/mol. The van der Waals surface area contributed by atoms with Gasteiger partial charge in [0.05, 0.1) is 6.61 Å². The van der Waals surface area contributed by atoms with Gasteiger partial charge in [0, 0.05) is 0 Å². The first-order valence-corrected chi connectivity index (χ1v) is 11.2. The molecule has 0 aliphatic heterocycles. The molecule has 0 aliphatic rings. The fraction of sp³-hybridized carbons (Fsp3) is 1.00. The topological polar surface area (TPSA) is 72.8 Å². The zero-order chi connectivity index (χ0) is 17.9. The van der Waals surface area contributed by atoms with E-state index >= 15 is 0 Å². The van der Waals surface area contributed by atoms with Gasteiger partial charge in [0.2, 0.25) is 0 Å². The van der Waals surface area contributed by atoms with Crippen molar-refractivity contribution in [3.8, 4) is 0 Å². The summed E-state index contributed by atoms with van der Waals surface area (Å²) in [5.41, 5.74) is 0. The molecule has 0 saturated heterocycles. The van der Waals surface area contributed by atoms with Crippen LogP contribution in [-0.2, 0) is 18.9 Å². The fourth-order valence-electron chi connectivity index (χ4n) is 2.83. The second-order valence-electron chi connectivity index (χ2n) is 6.61. The van der Waals surface area contributed by atoms with Crippen molar-refractivity contribution in [3.05, 3.63) is 0 Å². The van der Waals surface area contributed by atoms with E-state index < -0.39 is 10.4 Å². The number of hydrogen-bond donors (Lipinski definition) is 1. The second-order valence-corrected chi connectivity index (χ2v) is 7.81. The summed E-state index contributed by atoms with van der Waals surface area (Å²) < 4.78 is 28.9. The Morgan fingerprint density at radius 2 is 0.960 bits per heavy atom. The third-order valence-corrected chi connectivity index (χ3v) is 4.95. The van der Waals surface area contributed by atoms with Crippen LogP contribution < -0.4 is 0 Å². The van der Waals surface area contributed by atoms with Crippen LogP contribution in [0.5, 0.6) is 0 Å². The standard InChI is InChI=1S/C18H38O5S.Na.H/c1-2-3-4-5-6-7-8-9-10-11-12-13-14-15-16-17-18-22-24(20,21)23-19;;/h19H,2-18H2,1H3;;. The summed E-state index contributed by atoms with van der Waals surface area (Å²) in [6.07, 6.45) is 20.3. The SMILES string of the molecule is CCCCCCCCCCCCCCCCCCOS(=O)(=O)OO.[NaH]. The molecular formula is C18H39NaO5S. The Labute approximate surface area is 177 Å². The van der Waals surface area contributed by atoms with E-state index in [0.29, 0.717) is 6.42 Å². The molecule has 0 fully saturated rings. The van der Waals surface area contributed by atoms with E-state index in [1.165, 1.54) is 83.5 Å². The molecule has 7 heteroatoms. The summed E-state index contributed by atoms with van der Waals surface area (Å²) in [5.74, 6) is 0. The fourth-order valence-corrected chi connectivity index (χ4v) is 3.20. The van der Waals surface area contributed by atoms with Crippen LogP contribution in [0.4, 0.5) is 0 Å². The Hall–Kier alpha value is 0.830. The molecule has 5 nitrogen and oxygen atoms in total. The first-order valence-electron chi connectivity index (χ1n) is 9.85. The summed E-state index contributed by atoms with van der Waals surface area (Å²) in [5, 5.41) is 8.02. The van der Waals surface area contributed by atoms with Gasteiger partial charge in [0.25, 0.3) is 0 Å². The van der Waals surface area contributed by atoms with Crippen LogP contribution in [0.15, 0.2) is 0 Å². The molecule has 0 amide bonds. The first kappa shape index (κ1) is 28.0. The van der Waals surface area contributed by atoms with Gasteiger partial charge in [-0.3, -0.25) is 0 Å². The molecule has 0 atom stereocenters. The van der Waals surface area contributed by atoms with E-state index in [-0.39, 0.29) is 36.2 Å². The van der Waals surface area contributed by atoms with Crippen LogP contribution in [0.2, 0.25) is 0 Å². The van der Waals surface area contributed by atoms with Crippen molar-refractivity contribution in [2.24, 2.45) is 0 Å². The van der Waals surface area contributed by atoms with Gasteiger partial charge in [0.15, 0.2) is 0 Å². The van der Waals surface area contributed by atoms with E-state index in [4.69, 9.17) is 5.26 Å². The second kappa shape index (κ2) is 21.1. The van der Waals surface area contributed by atoms with Crippen molar-refractivity contribution in [3.63, 3.8) is 0 Å². The quantitative estimate of drug-likeness (QED) is 0.139. The van der Waals surface area contributed by atoms with Crippen molar-refractivity contribution in [1.29, 1.82) is 0 Å². The number of rotatable bonds is 19. The molecule has 25 heavy (non-hydrogen) atoms. The van der Waals surface area contributed by atoms with Crippen LogP contribution in [0.3, 0.4) is 0 Å². The van der Waals surface area contributed by atoms with Gasteiger partial charge < -0.3 is 0 Å².